The largest absolute Gasteiger partial charge is 0.444 e. The minimum atomic E-state index is 0.483. The predicted molar refractivity (Wildman–Crippen MR) is 80.8 cm³/mol. The lowest BCUT2D eigenvalue weighted by molar-refractivity contribution is 0.409. The smallest absolute Gasteiger partial charge is 0.216 e. The number of oxazole rings is 1. The van der Waals surface area contributed by atoms with Crippen molar-refractivity contribution in [2.75, 3.05) is 6.54 Å². The number of nitrogens with zero attached hydrogens (tertiary/aromatic N) is 2. The van der Waals surface area contributed by atoms with Gasteiger partial charge in [-0.3, -0.25) is 0 Å². The molecule has 1 heterocycles. The van der Waals surface area contributed by atoms with E-state index < -0.39 is 0 Å². The third-order valence-electron chi connectivity index (χ3n) is 3.74. The van der Waals surface area contributed by atoms with Gasteiger partial charge in [0.15, 0.2) is 5.96 Å². The summed E-state index contributed by atoms with van der Waals surface area (Å²) in [6, 6.07) is 0.551. The van der Waals surface area contributed by atoms with Gasteiger partial charge in [0.05, 0.1) is 5.69 Å². The summed E-state index contributed by atoms with van der Waals surface area (Å²) in [5.41, 5.74) is 0.945. The number of aromatic nitrogens is 1. The lowest BCUT2D eigenvalue weighted by Crippen LogP contribution is -2.44. The van der Waals surface area contributed by atoms with Gasteiger partial charge in [0.2, 0.25) is 5.89 Å². The van der Waals surface area contributed by atoms with E-state index in [-0.39, 0.29) is 0 Å². The summed E-state index contributed by atoms with van der Waals surface area (Å²) < 4.78 is 5.56. The van der Waals surface area contributed by atoms with E-state index in [1.165, 1.54) is 32.1 Å². The third kappa shape index (κ3) is 4.25. The standard InChI is InChI=1S/C15H26N4O/c1-4-16-15(19-13-8-6-5-7-9-13)17-10-14-18-11(2)12(3)20-14/h13H,4-10H2,1-3H3,(H2,16,17,19). The number of nitrogens with one attached hydrogen (secondary N) is 2. The molecule has 1 aliphatic rings. The Hall–Kier alpha value is -1.52. The molecule has 5 heteroatoms. The molecule has 0 spiro atoms. The first-order valence-electron chi connectivity index (χ1n) is 7.66. The van der Waals surface area contributed by atoms with Crippen molar-refractivity contribution in [2.45, 2.75) is 65.5 Å². The van der Waals surface area contributed by atoms with Crippen LogP contribution in [0.1, 0.15) is 56.4 Å². The van der Waals surface area contributed by atoms with Crippen molar-refractivity contribution in [3.8, 4) is 0 Å². The van der Waals surface area contributed by atoms with Crippen LogP contribution >= 0.6 is 0 Å². The minimum absolute atomic E-state index is 0.483. The van der Waals surface area contributed by atoms with Crippen LogP contribution < -0.4 is 10.6 Å². The number of hydrogen-bond acceptors (Lipinski definition) is 3. The minimum Gasteiger partial charge on any atom is -0.444 e. The monoisotopic (exact) mass is 278 g/mol. The molecular formula is C15H26N4O. The second-order valence-corrected chi connectivity index (χ2v) is 5.42. The molecule has 0 saturated heterocycles. The van der Waals surface area contributed by atoms with Crippen LogP contribution in [0.25, 0.3) is 0 Å². The summed E-state index contributed by atoms with van der Waals surface area (Å²) >= 11 is 0. The highest BCUT2D eigenvalue weighted by Gasteiger charge is 2.14. The summed E-state index contributed by atoms with van der Waals surface area (Å²) in [5, 5.41) is 6.81. The molecule has 1 fully saturated rings. The topological polar surface area (TPSA) is 62.5 Å². The number of guanidine groups is 1. The highest BCUT2D eigenvalue weighted by atomic mass is 16.4. The van der Waals surface area contributed by atoms with Crippen molar-refractivity contribution in [2.24, 2.45) is 4.99 Å². The Morgan fingerprint density at radius 3 is 2.65 bits per heavy atom. The number of aryl methyl sites for hydroxylation is 2. The zero-order chi connectivity index (χ0) is 14.4. The molecule has 112 valence electrons. The molecule has 0 aromatic carbocycles. The fourth-order valence-electron chi connectivity index (χ4n) is 2.51. The quantitative estimate of drug-likeness (QED) is 0.656. The van der Waals surface area contributed by atoms with E-state index in [9.17, 15) is 0 Å². The molecule has 2 rings (SSSR count). The lowest BCUT2D eigenvalue weighted by atomic mass is 9.96. The molecule has 5 nitrogen and oxygen atoms in total. The molecule has 0 aliphatic heterocycles. The average molecular weight is 278 g/mol. The van der Waals surface area contributed by atoms with E-state index in [0.29, 0.717) is 18.5 Å². The van der Waals surface area contributed by atoms with E-state index in [1.807, 2.05) is 13.8 Å². The zero-order valence-corrected chi connectivity index (χ0v) is 12.8. The first-order valence-corrected chi connectivity index (χ1v) is 7.66. The molecule has 2 N–H and O–H groups in total. The van der Waals surface area contributed by atoms with Gasteiger partial charge in [-0.1, -0.05) is 19.3 Å². The third-order valence-corrected chi connectivity index (χ3v) is 3.74. The van der Waals surface area contributed by atoms with Crippen molar-refractivity contribution < 1.29 is 4.42 Å². The lowest BCUT2D eigenvalue weighted by Gasteiger charge is -2.24. The normalized spacial score (nSPS) is 17.2. The van der Waals surface area contributed by atoms with Gasteiger partial charge >= 0.3 is 0 Å². The van der Waals surface area contributed by atoms with Gasteiger partial charge in [0.25, 0.3) is 0 Å². The summed E-state index contributed by atoms with van der Waals surface area (Å²) in [6.07, 6.45) is 6.47. The maximum absolute atomic E-state index is 5.56. The number of aliphatic imine (C=N–C) groups is 1. The molecule has 0 radical (unpaired) electrons. The molecule has 0 unspecified atom stereocenters. The molecule has 1 aromatic heterocycles. The second kappa shape index (κ2) is 7.31. The Morgan fingerprint density at radius 2 is 2.05 bits per heavy atom. The van der Waals surface area contributed by atoms with Gasteiger partial charge in [0, 0.05) is 12.6 Å². The van der Waals surface area contributed by atoms with Crippen LogP contribution in [0.15, 0.2) is 9.41 Å². The SMILES string of the molecule is CCNC(=NCc1nc(C)c(C)o1)NC1CCCCC1. The molecule has 0 atom stereocenters. The highest BCUT2D eigenvalue weighted by Crippen LogP contribution is 2.17. The van der Waals surface area contributed by atoms with Crippen LogP contribution in [0.2, 0.25) is 0 Å². The second-order valence-electron chi connectivity index (χ2n) is 5.42. The maximum atomic E-state index is 5.56. The van der Waals surface area contributed by atoms with Crippen LogP contribution in [-0.2, 0) is 6.54 Å². The Balaban J connectivity index is 1.93. The Kier molecular flexibility index (Phi) is 5.44. The van der Waals surface area contributed by atoms with Gasteiger partial charge < -0.3 is 15.1 Å². The molecule has 0 amide bonds. The molecule has 0 bridgehead atoms. The summed E-state index contributed by atoms with van der Waals surface area (Å²) in [7, 11) is 0. The first-order chi connectivity index (χ1) is 9.69. The van der Waals surface area contributed by atoms with Crippen LogP contribution in [0.4, 0.5) is 0 Å². The van der Waals surface area contributed by atoms with Crippen molar-refractivity contribution in [1.82, 2.24) is 15.6 Å². The van der Waals surface area contributed by atoms with Gasteiger partial charge in [-0.15, -0.1) is 0 Å². The zero-order valence-electron chi connectivity index (χ0n) is 12.8. The van der Waals surface area contributed by atoms with Gasteiger partial charge in [-0.25, -0.2) is 9.98 Å². The van der Waals surface area contributed by atoms with Crippen LogP contribution in [0, 0.1) is 13.8 Å². The first kappa shape index (κ1) is 14.9. The van der Waals surface area contributed by atoms with Gasteiger partial charge in [-0.2, -0.15) is 0 Å². The molecule has 1 aromatic rings. The van der Waals surface area contributed by atoms with Crippen LogP contribution in [-0.4, -0.2) is 23.5 Å². The van der Waals surface area contributed by atoms with Crippen molar-refractivity contribution >= 4 is 5.96 Å². The van der Waals surface area contributed by atoms with Crippen molar-refractivity contribution in [3.63, 3.8) is 0 Å². The Labute approximate surface area is 121 Å². The fourth-order valence-corrected chi connectivity index (χ4v) is 2.51. The summed E-state index contributed by atoms with van der Waals surface area (Å²) in [6.45, 7) is 7.31. The van der Waals surface area contributed by atoms with Crippen molar-refractivity contribution in [1.29, 1.82) is 0 Å². The van der Waals surface area contributed by atoms with E-state index in [1.54, 1.807) is 0 Å². The van der Waals surface area contributed by atoms with Crippen LogP contribution in [0.3, 0.4) is 0 Å². The van der Waals surface area contributed by atoms with Gasteiger partial charge in [0.1, 0.15) is 12.3 Å². The molecule has 1 saturated carbocycles. The predicted octanol–water partition coefficient (Wildman–Crippen LogP) is 2.68. The fraction of sp³-hybridized carbons (Fsp3) is 0.733. The highest BCUT2D eigenvalue weighted by molar-refractivity contribution is 5.80. The van der Waals surface area contributed by atoms with Crippen LogP contribution in [0.5, 0.6) is 0 Å². The van der Waals surface area contributed by atoms with E-state index in [0.717, 1.165) is 24.0 Å². The van der Waals surface area contributed by atoms with E-state index >= 15 is 0 Å². The molecular weight excluding hydrogens is 252 g/mol. The summed E-state index contributed by atoms with van der Waals surface area (Å²) in [4.78, 5) is 8.93. The van der Waals surface area contributed by atoms with E-state index in [4.69, 9.17) is 4.42 Å². The average Bonchev–Trinajstić information content (AvgIpc) is 2.77. The molecule has 20 heavy (non-hydrogen) atoms. The Bertz CT molecular complexity index is 427. The van der Waals surface area contributed by atoms with E-state index in [2.05, 4.69) is 27.5 Å². The maximum Gasteiger partial charge on any atom is 0.216 e. The Morgan fingerprint density at radius 1 is 1.30 bits per heavy atom. The number of rotatable bonds is 4. The van der Waals surface area contributed by atoms with Gasteiger partial charge in [-0.05, 0) is 33.6 Å². The number of hydrogen-bond donors (Lipinski definition) is 2. The molecule has 1 aliphatic carbocycles. The van der Waals surface area contributed by atoms with Crippen molar-refractivity contribution in [3.05, 3.63) is 17.3 Å². The summed E-state index contributed by atoms with van der Waals surface area (Å²) in [5.74, 6) is 2.43.